The molecular formula is C15H14NOS. The predicted molar refractivity (Wildman–Crippen MR) is 77.1 cm³/mol. The van der Waals surface area contributed by atoms with Crippen LogP contribution in [-0.2, 0) is 10.5 Å². The van der Waals surface area contributed by atoms with Crippen molar-refractivity contribution in [2.75, 3.05) is 4.31 Å². The molecule has 3 heteroatoms. The van der Waals surface area contributed by atoms with Crippen molar-refractivity contribution < 1.29 is 4.79 Å². The van der Waals surface area contributed by atoms with E-state index < -0.39 is 0 Å². The van der Waals surface area contributed by atoms with E-state index in [9.17, 15) is 4.79 Å². The Bertz CT molecular complexity index is 496. The van der Waals surface area contributed by atoms with E-state index in [4.69, 9.17) is 0 Å². The van der Waals surface area contributed by atoms with Gasteiger partial charge in [0.2, 0.25) is 0 Å². The van der Waals surface area contributed by atoms with Gasteiger partial charge < -0.3 is 0 Å². The van der Waals surface area contributed by atoms with Crippen LogP contribution >= 0.6 is 11.9 Å². The maximum Gasteiger partial charge on any atom is 0.327 e. The number of carbonyl (C=O) groups excluding carboxylic acids is 1. The Balaban J connectivity index is 2.02. The Morgan fingerprint density at radius 1 is 1.06 bits per heavy atom. The van der Waals surface area contributed by atoms with E-state index in [0.29, 0.717) is 0 Å². The molecule has 0 spiro atoms. The Labute approximate surface area is 112 Å². The van der Waals surface area contributed by atoms with E-state index in [1.54, 1.807) is 0 Å². The topological polar surface area (TPSA) is 20.3 Å². The molecule has 0 aliphatic carbocycles. The molecule has 0 bridgehead atoms. The van der Waals surface area contributed by atoms with Crippen LogP contribution in [0.25, 0.3) is 0 Å². The summed E-state index contributed by atoms with van der Waals surface area (Å²) in [4.78, 5) is 11.0. The third-order valence-electron chi connectivity index (χ3n) is 2.55. The highest BCUT2D eigenvalue weighted by Gasteiger charge is 2.07. The highest BCUT2D eigenvalue weighted by atomic mass is 32.2. The van der Waals surface area contributed by atoms with Crippen LogP contribution in [0.15, 0.2) is 54.6 Å². The minimum atomic E-state index is 0.754. The molecule has 0 saturated heterocycles. The highest BCUT2D eigenvalue weighted by Crippen LogP contribution is 2.23. The van der Waals surface area contributed by atoms with Gasteiger partial charge in [-0.3, -0.25) is 4.79 Å². The molecule has 2 aromatic carbocycles. The Hall–Kier alpha value is -1.74. The molecule has 0 atom stereocenters. The molecule has 2 rings (SSSR count). The van der Waals surface area contributed by atoms with Crippen LogP contribution < -0.4 is 4.31 Å². The van der Waals surface area contributed by atoms with Gasteiger partial charge in [-0.15, -0.1) is 0 Å². The van der Waals surface area contributed by atoms with E-state index in [0.717, 1.165) is 11.4 Å². The second-order valence-electron chi connectivity index (χ2n) is 3.98. The summed E-state index contributed by atoms with van der Waals surface area (Å²) in [5.74, 6) is 0.754. The summed E-state index contributed by atoms with van der Waals surface area (Å²) in [6.07, 6.45) is 1.95. The van der Waals surface area contributed by atoms with E-state index in [1.165, 1.54) is 27.4 Å². The Morgan fingerprint density at radius 2 is 1.72 bits per heavy atom. The lowest BCUT2D eigenvalue weighted by atomic mass is 10.2. The normalized spacial score (nSPS) is 10.1. The van der Waals surface area contributed by atoms with E-state index in [2.05, 4.69) is 0 Å². The smallest absolute Gasteiger partial charge is 0.262 e. The number of rotatable bonds is 5. The molecule has 0 unspecified atom stereocenters. The molecule has 0 fully saturated rings. The lowest BCUT2D eigenvalue weighted by Gasteiger charge is -2.15. The highest BCUT2D eigenvalue weighted by molar-refractivity contribution is 8.00. The van der Waals surface area contributed by atoms with Crippen molar-refractivity contribution in [3.63, 3.8) is 0 Å². The first-order valence-corrected chi connectivity index (χ1v) is 6.65. The van der Waals surface area contributed by atoms with Crippen LogP contribution in [0.5, 0.6) is 0 Å². The zero-order chi connectivity index (χ0) is 12.8. The quantitative estimate of drug-likeness (QED) is 0.600. The first-order chi connectivity index (χ1) is 8.79. The first-order valence-electron chi connectivity index (χ1n) is 5.71. The van der Waals surface area contributed by atoms with E-state index >= 15 is 0 Å². The zero-order valence-corrected chi connectivity index (χ0v) is 11.0. The van der Waals surface area contributed by atoms with E-state index in [1.807, 2.05) is 67.9 Å². The lowest BCUT2D eigenvalue weighted by molar-refractivity contribution is 0.558. The number of nitrogens with zero attached hydrogens (tertiary/aromatic N) is 1. The molecule has 18 heavy (non-hydrogen) atoms. The predicted octanol–water partition coefficient (Wildman–Crippen LogP) is 3.72. The van der Waals surface area contributed by atoms with Gasteiger partial charge in [0.15, 0.2) is 0 Å². The van der Waals surface area contributed by atoms with Gasteiger partial charge in [0, 0.05) is 5.75 Å². The molecule has 0 aliphatic heterocycles. The third-order valence-corrected chi connectivity index (χ3v) is 3.56. The monoisotopic (exact) mass is 256 g/mol. The van der Waals surface area contributed by atoms with Crippen LogP contribution in [0.2, 0.25) is 0 Å². The number of hydrogen-bond acceptors (Lipinski definition) is 2. The first kappa shape index (κ1) is 12.7. The molecule has 0 aromatic heterocycles. The number of anilines is 1. The van der Waals surface area contributed by atoms with Crippen LogP contribution in [0.1, 0.15) is 11.1 Å². The lowest BCUT2D eigenvalue weighted by Crippen LogP contribution is -2.11. The zero-order valence-electron chi connectivity index (χ0n) is 10.2. The van der Waals surface area contributed by atoms with Crippen molar-refractivity contribution in [3.8, 4) is 0 Å². The summed E-state index contributed by atoms with van der Waals surface area (Å²) in [6, 6.07) is 17.9. The second kappa shape index (κ2) is 6.26. The second-order valence-corrected chi connectivity index (χ2v) is 4.89. The molecular weight excluding hydrogens is 242 g/mol. The van der Waals surface area contributed by atoms with Gasteiger partial charge in [0.1, 0.15) is 0 Å². The van der Waals surface area contributed by atoms with Crippen LogP contribution in [0.3, 0.4) is 0 Å². The van der Waals surface area contributed by atoms with Crippen molar-refractivity contribution in [2.24, 2.45) is 0 Å². The van der Waals surface area contributed by atoms with Gasteiger partial charge in [-0.25, -0.2) is 4.31 Å². The van der Waals surface area contributed by atoms with Gasteiger partial charge in [0.25, 0.3) is 0 Å². The maximum atomic E-state index is 11.0. The minimum absolute atomic E-state index is 0.754. The van der Waals surface area contributed by atoms with Gasteiger partial charge in [0.05, 0.1) is 5.69 Å². The summed E-state index contributed by atoms with van der Waals surface area (Å²) in [5, 5.41) is 0. The summed E-state index contributed by atoms with van der Waals surface area (Å²) >= 11 is 1.44. The molecule has 2 nitrogen and oxygen atoms in total. The van der Waals surface area contributed by atoms with Crippen LogP contribution in [-0.4, -0.2) is 6.41 Å². The summed E-state index contributed by atoms with van der Waals surface area (Å²) < 4.78 is 1.53. The molecule has 91 valence electrons. The fraction of sp³-hybridized carbons (Fsp3) is 0.133. The molecule has 0 heterocycles. The molecule has 1 radical (unpaired) electrons. The van der Waals surface area contributed by atoms with Crippen molar-refractivity contribution >= 4 is 24.0 Å². The molecule has 0 N–H and O–H groups in total. The fourth-order valence-electron chi connectivity index (χ4n) is 1.55. The molecule has 2 aromatic rings. The third kappa shape index (κ3) is 3.37. The van der Waals surface area contributed by atoms with Crippen molar-refractivity contribution in [1.82, 2.24) is 0 Å². The summed E-state index contributed by atoms with van der Waals surface area (Å²) in [7, 11) is 0. The summed E-state index contributed by atoms with van der Waals surface area (Å²) in [5.41, 5.74) is 3.23. The average Bonchev–Trinajstić information content (AvgIpc) is 2.42. The number of amides is 1. The average molecular weight is 256 g/mol. The standard InChI is InChI=1S/C15H14NOS/c1-13-7-9-15(10-8-13)16(12-17)18-11-14-5-3-2-4-6-14/h2-10H,11H2,1H3. The summed E-state index contributed by atoms with van der Waals surface area (Å²) in [6.45, 7) is 2.02. The van der Waals surface area contributed by atoms with Crippen LogP contribution in [0.4, 0.5) is 5.69 Å². The Kier molecular flexibility index (Phi) is 4.42. The number of benzene rings is 2. The van der Waals surface area contributed by atoms with Gasteiger partial charge in [-0.2, -0.15) is 0 Å². The molecule has 0 aliphatic rings. The molecule has 0 saturated carbocycles. The maximum absolute atomic E-state index is 11.0. The fourth-order valence-corrected chi connectivity index (χ4v) is 2.34. The number of hydrogen-bond donors (Lipinski definition) is 0. The van der Waals surface area contributed by atoms with Gasteiger partial charge in [-0.1, -0.05) is 48.0 Å². The number of aryl methyl sites for hydroxylation is 1. The van der Waals surface area contributed by atoms with Crippen LogP contribution in [0, 0.1) is 6.92 Å². The van der Waals surface area contributed by atoms with Gasteiger partial charge >= 0.3 is 6.41 Å². The van der Waals surface area contributed by atoms with Crippen molar-refractivity contribution in [1.29, 1.82) is 0 Å². The van der Waals surface area contributed by atoms with Crippen molar-refractivity contribution in [3.05, 3.63) is 65.7 Å². The van der Waals surface area contributed by atoms with E-state index in [-0.39, 0.29) is 0 Å². The Morgan fingerprint density at radius 3 is 2.33 bits per heavy atom. The SMILES string of the molecule is Cc1ccc(N([C]=O)SCc2ccccc2)cc1. The largest absolute Gasteiger partial charge is 0.327 e. The van der Waals surface area contributed by atoms with Crippen molar-refractivity contribution in [2.45, 2.75) is 12.7 Å². The minimum Gasteiger partial charge on any atom is -0.262 e. The van der Waals surface area contributed by atoms with Gasteiger partial charge in [-0.05, 0) is 36.6 Å². The molecule has 1 amide bonds.